The molecule has 21 heavy (non-hydrogen) atoms. The van der Waals surface area contributed by atoms with Crippen molar-refractivity contribution in [3.63, 3.8) is 0 Å². The molecule has 0 unspecified atom stereocenters. The van der Waals surface area contributed by atoms with Crippen molar-refractivity contribution in [2.24, 2.45) is 0 Å². The fourth-order valence-electron chi connectivity index (χ4n) is 2.18. The highest BCUT2D eigenvalue weighted by Gasteiger charge is 2.08. The number of aromatic nitrogens is 2. The quantitative estimate of drug-likeness (QED) is 0.654. The van der Waals surface area contributed by atoms with Crippen LogP contribution >= 0.6 is 22.7 Å². The number of aryl methyl sites for hydroxylation is 1. The molecular weight excluding hydrogens is 296 g/mol. The Hall–Kier alpha value is -1.52. The van der Waals surface area contributed by atoms with Gasteiger partial charge in [0.05, 0.1) is 17.1 Å². The number of rotatable bonds is 4. The normalized spacial score (nSPS) is 11.2. The lowest BCUT2D eigenvalue weighted by atomic mass is 10.0. The molecule has 0 radical (unpaired) electrons. The van der Waals surface area contributed by atoms with Crippen molar-refractivity contribution in [2.45, 2.75) is 33.1 Å². The Labute approximate surface area is 133 Å². The standard InChI is InChI=1S/C17H18N2S2/c1-11(2)13-4-6-14(7-5-13)15-10-21-17(19-15)8-16-18-12(3)9-20-16/h4-7,9-11H,8H2,1-3H3. The van der Waals surface area contributed by atoms with Crippen molar-refractivity contribution in [1.82, 2.24) is 9.97 Å². The highest BCUT2D eigenvalue weighted by atomic mass is 32.1. The zero-order chi connectivity index (χ0) is 14.8. The van der Waals surface area contributed by atoms with Crippen LogP contribution in [0.15, 0.2) is 35.0 Å². The molecule has 2 heterocycles. The Balaban J connectivity index is 1.78. The minimum absolute atomic E-state index is 0.568. The lowest BCUT2D eigenvalue weighted by Crippen LogP contribution is -1.88. The van der Waals surface area contributed by atoms with Crippen LogP contribution in [0.4, 0.5) is 0 Å². The highest BCUT2D eigenvalue weighted by Crippen LogP contribution is 2.26. The highest BCUT2D eigenvalue weighted by molar-refractivity contribution is 7.11. The summed E-state index contributed by atoms with van der Waals surface area (Å²) in [6, 6.07) is 8.73. The zero-order valence-electron chi connectivity index (χ0n) is 12.5. The van der Waals surface area contributed by atoms with Gasteiger partial charge in [-0.1, -0.05) is 38.1 Å². The van der Waals surface area contributed by atoms with Gasteiger partial charge in [-0.15, -0.1) is 22.7 Å². The van der Waals surface area contributed by atoms with Crippen LogP contribution in [0.3, 0.4) is 0 Å². The van der Waals surface area contributed by atoms with E-state index in [9.17, 15) is 0 Å². The molecule has 0 aliphatic rings. The lowest BCUT2D eigenvalue weighted by Gasteiger charge is -2.05. The van der Waals surface area contributed by atoms with Gasteiger partial charge in [0.1, 0.15) is 5.01 Å². The molecular formula is C17H18N2S2. The van der Waals surface area contributed by atoms with Crippen LogP contribution in [-0.4, -0.2) is 9.97 Å². The van der Waals surface area contributed by atoms with Gasteiger partial charge in [-0.3, -0.25) is 0 Å². The Kier molecular flexibility index (Phi) is 4.17. The molecule has 1 aromatic carbocycles. The van der Waals surface area contributed by atoms with E-state index in [1.165, 1.54) is 11.1 Å². The number of thiazole rings is 2. The maximum atomic E-state index is 4.74. The number of nitrogens with zero attached hydrogens (tertiary/aromatic N) is 2. The minimum atomic E-state index is 0.568. The van der Waals surface area contributed by atoms with Crippen LogP contribution in [0.2, 0.25) is 0 Å². The first-order valence-corrected chi connectivity index (χ1v) is 8.83. The Morgan fingerprint density at radius 3 is 2.24 bits per heavy atom. The summed E-state index contributed by atoms with van der Waals surface area (Å²) >= 11 is 3.42. The van der Waals surface area contributed by atoms with E-state index < -0.39 is 0 Å². The third-order valence-electron chi connectivity index (χ3n) is 3.39. The minimum Gasteiger partial charge on any atom is -0.246 e. The molecule has 3 aromatic rings. The van der Waals surface area contributed by atoms with Crippen molar-refractivity contribution in [3.05, 3.63) is 56.3 Å². The SMILES string of the molecule is Cc1csc(Cc2nc(-c3ccc(C(C)C)cc3)cs2)n1. The van der Waals surface area contributed by atoms with Crippen molar-refractivity contribution >= 4 is 22.7 Å². The first-order chi connectivity index (χ1) is 10.1. The lowest BCUT2D eigenvalue weighted by molar-refractivity contribution is 0.867. The average Bonchev–Trinajstić information content (AvgIpc) is 3.09. The van der Waals surface area contributed by atoms with E-state index in [-0.39, 0.29) is 0 Å². The van der Waals surface area contributed by atoms with Crippen molar-refractivity contribution in [2.75, 3.05) is 0 Å². The van der Waals surface area contributed by atoms with Gasteiger partial charge in [0.25, 0.3) is 0 Å². The largest absolute Gasteiger partial charge is 0.246 e. The van der Waals surface area contributed by atoms with Gasteiger partial charge in [-0.05, 0) is 18.4 Å². The van der Waals surface area contributed by atoms with Crippen LogP contribution in [0.25, 0.3) is 11.3 Å². The molecule has 4 heteroatoms. The molecule has 0 N–H and O–H groups in total. The van der Waals surface area contributed by atoms with Gasteiger partial charge in [0, 0.05) is 22.0 Å². The molecule has 0 spiro atoms. The maximum absolute atomic E-state index is 4.74. The molecule has 0 saturated carbocycles. The van der Waals surface area contributed by atoms with E-state index >= 15 is 0 Å². The van der Waals surface area contributed by atoms with Crippen molar-refractivity contribution < 1.29 is 0 Å². The summed E-state index contributed by atoms with van der Waals surface area (Å²) in [5.74, 6) is 0.568. The molecule has 3 rings (SSSR count). The second-order valence-electron chi connectivity index (χ2n) is 5.46. The monoisotopic (exact) mass is 314 g/mol. The number of benzene rings is 1. The Morgan fingerprint density at radius 1 is 0.952 bits per heavy atom. The van der Waals surface area contributed by atoms with Gasteiger partial charge in [0.2, 0.25) is 0 Å². The van der Waals surface area contributed by atoms with E-state index in [0.29, 0.717) is 5.92 Å². The number of hydrogen-bond donors (Lipinski definition) is 0. The van der Waals surface area contributed by atoms with E-state index in [2.05, 4.69) is 53.9 Å². The summed E-state index contributed by atoms with van der Waals surface area (Å²) < 4.78 is 0. The molecule has 0 atom stereocenters. The Bertz CT molecular complexity index is 723. The summed E-state index contributed by atoms with van der Waals surface area (Å²) in [7, 11) is 0. The predicted molar refractivity (Wildman–Crippen MR) is 91.3 cm³/mol. The summed E-state index contributed by atoms with van der Waals surface area (Å²) in [5, 5.41) is 6.50. The summed E-state index contributed by atoms with van der Waals surface area (Å²) in [5.41, 5.74) is 4.72. The molecule has 2 aromatic heterocycles. The van der Waals surface area contributed by atoms with Crippen LogP contribution in [0, 0.1) is 6.92 Å². The van der Waals surface area contributed by atoms with Crippen molar-refractivity contribution in [1.29, 1.82) is 0 Å². The molecule has 0 aliphatic heterocycles. The first-order valence-electron chi connectivity index (χ1n) is 7.07. The second kappa shape index (κ2) is 6.08. The fraction of sp³-hybridized carbons (Fsp3) is 0.294. The Morgan fingerprint density at radius 2 is 1.62 bits per heavy atom. The maximum Gasteiger partial charge on any atom is 0.100 e. The second-order valence-corrected chi connectivity index (χ2v) is 7.35. The van der Waals surface area contributed by atoms with Gasteiger partial charge in [-0.25, -0.2) is 9.97 Å². The molecule has 0 aliphatic carbocycles. The molecule has 0 bridgehead atoms. The molecule has 2 nitrogen and oxygen atoms in total. The van der Waals surface area contributed by atoms with Gasteiger partial charge in [-0.2, -0.15) is 0 Å². The third-order valence-corrected chi connectivity index (χ3v) is 5.21. The van der Waals surface area contributed by atoms with E-state index in [0.717, 1.165) is 27.8 Å². The smallest absolute Gasteiger partial charge is 0.100 e. The predicted octanol–water partition coefficient (Wildman–Crippen LogP) is 5.29. The average molecular weight is 314 g/mol. The van der Waals surface area contributed by atoms with Crippen LogP contribution < -0.4 is 0 Å². The van der Waals surface area contributed by atoms with Crippen molar-refractivity contribution in [3.8, 4) is 11.3 Å². The molecule has 0 amide bonds. The van der Waals surface area contributed by atoms with Gasteiger partial charge < -0.3 is 0 Å². The third kappa shape index (κ3) is 3.39. The van der Waals surface area contributed by atoms with E-state index in [1.54, 1.807) is 22.7 Å². The van der Waals surface area contributed by atoms with Crippen LogP contribution in [-0.2, 0) is 6.42 Å². The summed E-state index contributed by atoms with van der Waals surface area (Å²) in [6.45, 7) is 6.46. The zero-order valence-corrected chi connectivity index (χ0v) is 14.1. The van der Waals surface area contributed by atoms with E-state index in [1.807, 2.05) is 6.92 Å². The van der Waals surface area contributed by atoms with E-state index in [4.69, 9.17) is 4.98 Å². The van der Waals surface area contributed by atoms with Crippen LogP contribution in [0.1, 0.15) is 41.0 Å². The summed E-state index contributed by atoms with van der Waals surface area (Å²) in [4.78, 5) is 9.25. The van der Waals surface area contributed by atoms with Gasteiger partial charge >= 0.3 is 0 Å². The fourth-order valence-corrected chi connectivity index (χ4v) is 3.85. The summed E-state index contributed by atoms with van der Waals surface area (Å²) in [6.07, 6.45) is 0.841. The molecule has 108 valence electrons. The van der Waals surface area contributed by atoms with Crippen LogP contribution in [0.5, 0.6) is 0 Å². The first kappa shape index (κ1) is 14.4. The number of hydrogen-bond acceptors (Lipinski definition) is 4. The molecule has 0 fully saturated rings. The molecule has 0 saturated heterocycles. The van der Waals surface area contributed by atoms with Gasteiger partial charge in [0.15, 0.2) is 0 Å². The topological polar surface area (TPSA) is 25.8 Å².